The molecule has 0 saturated heterocycles. The number of halogens is 1. The van der Waals surface area contributed by atoms with E-state index in [4.69, 9.17) is 17.3 Å². The number of benzene rings is 1. The first-order chi connectivity index (χ1) is 9.58. The van der Waals surface area contributed by atoms with E-state index in [0.717, 1.165) is 17.7 Å². The number of amides is 1. The van der Waals surface area contributed by atoms with Crippen molar-refractivity contribution in [2.75, 3.05) is 10.6 Å². The molecule has 1 amide bonds. The van der Waals surface area contributed by atoms with Crippen molar-refractivity contribution < 1.29 is 4.79 Å². The average Bonchev–Trinajstić information content (AvgIpc) is 2.73. The predicted molar refractivity (Wildman–Crippen MR) is 80.1 cm³/mol. The number of pyridine rings is 1. The smallest absolute Gasteiger partial charge is 0.260 e. The summed E-state index contributed by atoms with van der Waals surface area (Å²) in [6.07, 6.45) is 3.86. The largest absolute Gasteiger partial charge is 0.399 e. The number of aromatic nitrogens is 1. The van der Waals surface area contributed by atoms with Crippen LogP contribution in [0.3, 0.4) is 0 Å². The van der Waals surface area contributed by atoms with Gasteiger partial charge in [-0.15, -0.1) is 0 Å². The molecule has 1 aromatic heterocycles. The molecule has 102 valence electrons. The highest BCUT2D eigenvalue weighted by Crippen LogP contribution is 2.35. The van der Waals surface area contributed by atoms with Gasteiger partial charge in [-0.2, -0.15) is 0 Å². The van der Waals surface area contributed by atoms with Gasteiger partial charge in [-0.05, 0) is 43.2 Å². The van der Waals surface area contributed by atoms with E-state index >= 15 is 0 Å². The summed E-state index contributed by atoms with van der Waals surface area (Å²) >= 11 is 6.07. The average molecular weight is 288 g/mol. The maximum atomic E-state index is 12.7. The van der Waals surface area contributed by atoms with Crippen molar-refractivity contribution in [2.45, 2.75) is 19.4 Å². The normalized spacial score (nSPS) is 17.1. The molecule has 4 nitrogen and oxygen atoms in total. The van der Waals surface area contributed by atoms with Crippen LogP contribution in [0.1, 0.15) is 22.8 Å². The number of fused-ring (bicyclic) bond motifs is 1. The number of rotatable bonds is 1. The van der Waals surface area contributed by atoms with Crippen LogP contribution in [0, 0.1) is 0 Å². The molecule has 2 heterocycles. The lowest BCUT2D eigenvalue weighted by atomic mass is 10.1. The Bertz CT molecular complexity index is 687. The number of carbonyl (C=O) groups is 1. The summed E-state index contributed by atoms with van der Waals surface area (Å²) in [6, 6.07) is 7.36. The molecule has 1 atom stereocenters. The van der Waals surface area contributed by atoms with Crippen LogP contribution in [0.5, 0.6) is 0 Å². The van der Waals surface area contributed by atoms with Crippen LogP contribution >= 0.6 is 11.6 Å². The first-order valence-corrected chi connectivity index (χ1v) is 6.77. The molecule has 3 rings (SSSR count). The monoisotopic (exact) mass is 287 g/mol. The van der Waals surface area contributed by atoms with Crippen LogP contribution in [-0.4, -0.2) is 16.9 Å². The fourth-order valence-electron chi connectivity index (χ4n) is 2.64. The van der Waals surface area contributed by atoms with Crippen LogP contribution in [0.4, 0.5) is 11.4 Å². The highest BCUT2D eigenvalue weighted by atomic mass is 35.5. The molecule has 1 aliphatic rings. The topological polar surface area (TPSA) is 59.2 Å². The Hall–Kier alpha value is -2.07. The van der Waals surface area contributed by atoms with Crippen LogP contribution in [0.2, 0.25) is 5.02 Å². The SMILES string of the molecule is CC1Cc2cc(N)ccc2N1C(=O)c1ccncc1Cl. The Morgan fingerprint density at radius 2 is 2.25 bits per heavy atom. The van der Waals surface area contributed by atoms with Gasteiger partial charge in [-0.1, -0.05) is 11.6 Å². The van der Waals surface area contributed by atoms with Gasteiger partial charge in [-0.25, -0.2) is 0 Å². The standard InChI is InChI=1S/C15H14ClN3O/c1-9-6-10-7-11(17)2-3-14(10)19(9)15(20)12-4-5-18-8-13(12)16/h2-5,7-9H,6,17H2,1H3. The molecule has 1 unspecified atom stereocenters. The maximum Gasteiger partial charge on any atom is 0.260 e. The summed E-state index contributed by atoms with van der Waals surface area (Å²) in [5.41, 5.74) is 8.99. The van der Waals surface area contributed by atoms with Gasteiger partial charge < -0.3 is 10.6 Å². The molecule has 0 radical (unpaired) electrons. The van der Waals surface area contributed by atoms with Crippen LogP contribution < -0.4 is 10.6 Å². The van der Waals surface area contributed by atoms with E-state index in [-0.39, 0.29) is 11.9 Å². The molecule has 0 aliphatic carbocycles. The fourth-order valence-corrected chi connectivity index (χ4v) is 2.84. The third-order valence-electron chi connectivity index (χ3n) is 3.54. The quantitative estimate of drug-likeness (QED) is 0.821. The second kappa shape index (κ2) is 4.80. The molecular weight excluding hydrogens is 274 g/mol. The van der Waals surface area contributed by atoms with Gasteiger partial charge in [0.1, 0.15) is 0 Å². The summed E-state index contributed by atoms with van der Waals surface area (Å²) in [5, 5.41) is 0.369. The number of nitrogens with zero attached hydrogens (tertiary/aromatic N) is 2. The van der Waals surface area contributed by atoms with E-state index in [2.05, 4.69) is 4.98 Å². The van der Waals surface area contributed by atoms with Crippen LogP contribution in [0.25, 0.3) is 0 Å². The first kappa shape index (κ1) is 12.9. The summed E-state index contributed by atoms with van der Waals surface area (Å²) in [4.78, 5) is 18.4. The van der Waals surface area contributed by atoms with E-state index in [1.165, 1.54) is 6.20 Å². The van der Waals surface area contributed by atoms with Crippen molar-refractivity contribution in [3.05, 3.63) is 52.8 Å². The maximum absolute atomic E-state index is 12.7. The Labute approximate surface area is 122 Å². The number of nitrogens with two attached hydrogens (primary N) is 1. The van der Waals surface area contributed by atoms with Gasteiger partial charge in [0.15, 0.2) is 0 Å². The molecule has 0 fully saturated rings. The highest BCUT2D eigenvalue weighted by molar-refractivity contribution is 6.34. The zero-order valence-corrected chi connectivity index (χ0v) is 11.8. The minimum atomic E-state index is -0.103. The van der Waals surface area contributed by atoms with Gasteiger partial charge >= 0.3 is 0 Å². The lowest BCUT2D eigenvalue weighted by Gasteiger charge is -2.23. The van der Waals surface area contributed by atoms with Crippen LogP contribution in [0.15, 0.2) is 36.7 Å². The van der Waals surface area contributed by atoms with Crippen molar-refractivity contribution >= 4 is 28.9 Å². The minimum Gasteiger partial charge on any atom is -0.399 e. The molecule has 1 aliphatic heterocycles. The lowest BCUT2D eigenvalue weighted by molar-refractivity contribution is 0.0981. The van der Waals surface area contributed by atoms with Gasteiger partial charge in [0, 0.05) is 29.8 Å². The van der Waals surface area contributed by atoms with Gasteiger partial charge in [0.25, 0.3) is 5.91 Å². The Morgan fingerprint density at radius 3 is 3.00 bits per heavy atom. The first-order valence-electron chi connectivity index (χ1n) is 6.39. The number of anilines is 2. The molecule has 20 heavy (non-hydrogen) atoms. The summed E-state index contributed by atoms with van der Waals surface area (Å²) in [7, 11) is 0. The van der Waals surface area contributed by atoms with Crippen LogP contribution in [-0.2, 0) is 6.42 Å². The summed E-state index contributed by atoms with van der Waals surface area (Å²) in [5.74, 6) is -0.103. The zero-order valence-electron chi connectivity index (χ0n) is 11.0. The predicted octanol–water partition coefficient (Wildman–Crippen LogP) is 2.91. The van der Waals surface area contributed by atoms with E-state index in [0.29, 0.717) is 16.3 Å². The Balaban J connectivity index is 2.04. The van der Waals surface area contributed by atoms with Gasteiger partial charge in [0.2, 0.25) is 0 Å². The van der Waals surface area contributed by atoms with Gasteiger partial charge in [0.05, 0.1) is 10.6 Å². The second-order valence-corrected chi connectivity index (χ2v) is 5.38. The van der Waals surface area contributed by atoms with E-state index in [1.807, 2.05) is 25.1 Å². The highest BCUT2D eigenvalue weighted by Gasteiger charge is 2.32. The number of hydrogen-bond acceptors (Lipinski definition) is 3. The molecule has 0 bridgehead atoms. The molecular formula is C15H14ClN3O. The Morgan fingerprint density at radius 1 is 1.45 bits per heavy atom. The van der Waals surface area contributed by atoms with E-state index in [1.54, 1.807) is 17.2 Å². The summed E-state index contributed by atoms with van der Waals surface area (Å²) in [6.45, 7) is 2.02. The second-order valence-electron chi connectivity index (χ2n) is 4.97. The molecule has 0 spiro atoms. The number of hydrogen-bond donors (Lipinski definition) is 1. The third-order valence-corrected chi connectivity index (χ3v) is 3.84. The molecule has 2 N–H and O–H groups in total. The lowest BCUT2D eigenvalue weighted by Crippen LogP contribution is -2.35. The Kier molecular flexibility index (Phi) is 3.10. The summed E-state index contributed by atoms with van der Waals surface area (Å²) < 4.78 is 0. The van der Waals surface area contributed by atoms with E-state index < -0.39 is 0 Å². The molecule has 5 heteroatoms. The number of carbonyl (C=O) groups excluding carboxylic acids is 1. The zero-order chi connectivity index (χ0) is 14.3. The van der Waals surface area contributed by atoms with Crippen molar-refractivity contribution in [3.63, 3.8) is 0 Å². The minimum absolute atomic E-state index is 0.0866. The molecule has 2 aromatic rings. The van der Waals surface area contributed by atoms with Crippen molar-refractivity contribution in [3.8, 4) is 0 Å². The van der Waals surface area contributed by atoms with Crippen molar-refractivity contribution in [1.29, 1.82) is 0 Å². The van der Waals surface area contributed by atoms with Gasteiger partial charge in [-0.3, -0.25) is 9.78 Å². The van der Waals surface area contributed by atoms with Crippen molar-refractivity contribution in [2.24, 2.45) is 0 Å². The van der Waals surface area contributed by atoms with Crippen molar-refractivity contribution in [1.82, 2.24) is 4.98 Å². The third kappa shape index (κ3) is 2.02. The molecule has 0 saturated carbocycles. The van der Waals surface area contributed by atoms with E-state index in [9.17, 15) is 4.79 Å². The molecule has 1 aromatic carbocycles. The number of nitrogen functional groups attached to an aromatic ring is 1. The fraction of sp³-hybridized carbons (Fsp3) is 0.200.